The topological polar surface area (TPSA) is 130 Å². The number of aromatic nitrogens is 7. The van der Waals surface area contributed by atoms with Gasteiger partial charge < -0.3 is 24.4 Å². The van der Waals surface area contributed by atoms with Crippen LogP contribution in [0, 0.1) is 18.6 Å². The van der Waals surface area contributed by atoms with Gasteiger partial charge in [-0.2, -0.15) is 5.10 Å². The normalized spacial score (nSPS) is 14.8. The first-order chi connectivity index (χ1) is 26.3. The average Bonchev–Trinajstić information content (AvgIpc) is 3.98. The maximum atomic E-state index is 16.8. The third kappa shape index (κ3) is 6.57. The molecule has 0 saturated carbocycles. The number of carbonyl (C=O) groups excluding carboxylic acids is 2. The number of pyridine rings is 1. The van der Waals surface area contributed by atoms with Crippen molar-refractivity contribution in [3.8, 4) is 22.6 Å². The summed E-state index contributed by atoms with van der Waals surface area (Å²) >= 11 is 0. The van der Waals surface area contributed by atoms with E-state index in [9.17, 15) is 14.0 Å². The number of benzene rings is 2. The molecule has 2 aromatic carbocycles. The highest BCUT2D eigenvalue weighted by atomic mass is 19.1. The Balaban J connectivity index is 1.12. The standard InChI is InChI=1S/C39H38F2N10O3/c1-25-32(23-44-51(25)28-8-4-3-5-9-28)30-20-29(26-7-6-12-49(24-26)35(52)10-13-50-14-11-43-46-50)36(41)37-31(30)21-33(45-37)39(53)48-17-15-47(16-18-48)38-34(54-2)19-27(40)22-42-38/h3-5,7-9,11,14,19-23,45H,6,10,12-13,15-18,24H2,1-2H3. The number of aromatic amines is 1. The molecule has 276 valence electrons. The van der Waals surface area contributed by atoms with Crippen molar-refractivity contribution in [2.24, 2.45) is 0 Å². The van der Waals surface area contributed by atoms with Gasteiger partial charge in [-0.25, -0.2) is 18.4 Å². The van der Waals surface area contributed by atoms with Crippen molar-refractivity contribution >= 4 is 34.1 Å². The van der Waals surface area contributed by atoms with Gasteiger partial charge in [0.1, 0.15) is 11.5 Å². The number of anilines is 1. The van der Waals surface area contributed by atoms with Crippen LogP contribution >= 0.6 is 0 Å². The Bertz CT molecular complexity index is 2360. The number of piperazine rings is 1. The summed E-state index contributed by atoms with van der Waals surface area (Å²) in [6, 6.07) is 14.6. The van der Waals surface area contributed by atoms with E-state index in [-0.39, 0.29) is 36.0 Å². The van der Waals surface area contributed by atoms with E-state index < -0.39 is 11.6 Å². The molecule has 0 aliphatic carbocycles. The molecule has 1 fully saturated rings. The molecule has 4 aromatic heterocycles. The lowest BCUT2D eigenvalue weighted by Gasteiger charge is -2.35. The lowest BCUT2D eigenvalue weighted by Crippen LogP contribution is -2.49. The predicted octanol–water partition coefficient (Wildman–Crippen LogP) is 5.27. The summed E-state index contributed by atoms with van der Waals surface area (Å²) < 4.78 is 39.4. The van der Waals surface area contributed by atoms with Crippen molar-refractivity contribution in [3.63, 3.8) is 0 Å². The van der Waals surface area contributed by atoms with Gasteiger partial charge in [0.25, 0.3) is 5.91 Å². The third-order valence-corrected chi connectivity index (χ3v) is 10.1. The van der Waals surface area contributed by atoms with Gasteiger partial charge in [0.05, 0.1) is 43.4 Å². The summed E-state index contributed by atoms with van der Waals surface area (Å²) in [5.74, 6) is -0.486. The van der Waals surface area contributed by atoms with Crippen LogP contribution in [0.25, 0.3) is 33.3 Å². The predicted molar refractivity (Wildman–Crippen MR) is 198 cm³/mol. The van der Waals surface area contributed by atoms with Gasteiger partial charge in [-0.15, -0.1) is 5.10 Å². The van der Waals surface area contributed by atoms with Crippen LogP contribution < -0.4 is 9.64 Å². The number of ether oxygens (including phenoxy) is 1. The third-order valence-electron chi connectivity index (χ3n) is 10.1. The largest absolute Gasteiger partial charge is 0.493 e. The molecular weight excluding hydrogens is 694 g/mol. The monoisotopic (exact) mass is 732 g/mol. The second kappa shape index (κ2) is 14.6. The van der Waals surface area contributed by atoms with Crippen LogP contribution in [0.3, 0.4) is 0 Å². The summed E-state index contributed by atoms with van der Waals surface area (Å²) in [7, 11) is 1.46. The highest BCUT2D eigenvalue weighted by molar-refractivity contribution is 6.05. The van der Waals surface area contributed by atoms with Crippen LogP contribution in [0.2, 0.25) is 0 Å². The van der Waals surface area contributed by atoms with Gasteiger partial charge in [0, 0.05) is 80.2 Å². The molecular formula is C39H38F2N10O3. The lowest BCUT2D eigenvalue weighted by atomic mass is 9.93. The molecule has 2 aliphatic rings. The van der Waals surface area contributed by atoms with Crippen molar-refractivity contribution in [2.75, 3.05) is 51.3 Å². The van der Waals surface area contributed by atoms with E-state index >= 15 is 4.39 Å². The van der Waals surface area contributed by atoms with Crippen molar-refractivity contribution < 1.29 is 23.1 Å². The Hall–Kier alpha value is -6.38. The van der Waals surface area contributed by atoms with Crippen molar-refractivity contribution in [1.29, 1.82) is 0 Å². The Labute approximate surface area is 309 Å². The number of H-pyrrole nitrogens is 1. The van der Waals surface area contributed by atoms with Crippen LogP contribution in [-0.2, 0) is 11.3 Å². The van der Waals surface area contributed by atoms with Gasteiger partial charge in [-0.3, -0.25) is 14.3 Å². The quantitative estimate of drug-likeness (QED) is 0.213. The smallest absolute Gasteiger partial charge is 0.270 e. The van der Waals surface area contributed by atoms with Gasteiger partial charge in [0.2, 0.25) is 5.91 Å². The van der Waals surface area contributed by atoms with E-state index in [1.54, 1.807) is 39.1 Å². The zero-order chi connectivity index (χ0) is 37.3. The van der Waals surface area contributed by atoms with E-state index in [1.807, 2.05) is 59.0 Å². The fraction of sp³-hybridized carbons (Fsp3) is 0.282. The van der Waals surface area contributed by atoms with Crippen molar-refractivity contribution in [2.45, 2.75) is 26.3 Å². The molecule has 6 aromatic rings. The fourth-order valence-electron chi connectivity index (χ4n) is 7.30. The minimum Gasteiger partial charge on any atom is -0.493 e. The van der Waals surface area contributed by atoms with E-state index in [4.69, 9.17) is 9.84 Å². The van der Waals surface area contributed by atoms with E-state index in [0.29, 0.717) is 79.3 Å². The van der Waals surface area contributed by atoms with Crippen LogP contribution in [-0.4, -0.2) is 103 Å². The van der Waals surface area contributed by atoms with E-state index in [0.717, 1.165) is 23.1 Å². The van der Waals surface area contributed by atoms with Crippen LogP contribution in [0.4, 0.5) is 14.6 Å². The zero-order valence-electron chi connectivity index (χ0n) is 29.9. The molecule has 6 heterocycles. The van der Waals surface area contributed by atoms with E-state index in [1.165, 1.54) is 13.2 Å². The average molecular weight is 733 g/mol. The summed E-state index contributed by atoms with van der Waals surface area (Å²) in [5, 5.41) is 13.0. The summed E-state index contributed by atoms with van der Waals surface area (Å²) in [5.41, 5.74) is 4.72. The Morgan fingerprint density at radius 2 is 1.76 bits per heavy atom. The van der Waals surface area contributed by atoms with Crippen LogP contribution in [0.5, 0.6) is 5.75 Å². The number of amides is 2. The number of hydrogen-bond acceptors (Lipinski definition) is 8. The summed E-state index contributed by atoms with van der Waals surface area (Å²) in [4.78, 5) is 40.1. The molecule has 1 N–H and O–H groups in total. The number of hydrogen-bond donors (Lipinski definition) is 1. The summed E-state index contributed by atoms with van der Waals surface area (Å²) in [6.07, 6.45) is 8.98. The number of nitrogens with zero attached hydrogens (tertiary/aromatic N) is 9. The number of para-hydroxylation sites is 1. The number of nitrogens with one attached hydrogen (secondary N) is 1. The lowest BCUT2D eigenvalue weighted by molar-refractivity contribution is -0.131. The molecule has 54 heavy (non-hydrogen) atoms. The SMILES string of the molecule is COc1cc(F)cnc1N1CCN(C(=O)c2cc3c(-c4cnn(-c5ccccc5)c4C)cc(C4=CCCN(C(=O)CCn5ccnn5)C4)c(F)c3[nH]2)CC1. The molecule has 0 spiro atoms. The van der Waals surface area contributed by atoms with Gasteiger partial charge in [-0.1, -0.05) is 29.5 Å². The molecule has 2 amide bonds. The highest BCUT2D eigenvalue weighted by Gasteiger charge is 2.29. The number of carbonyl (C=O) groups is 2. The van der Waals surface area contributed by atoms with Crippen LogP contribution in [0.1, 0.15) is 34.6 Å². The molecule has 0 bridgehead atoms. The number of aryl methyl sites for hydroxylation is 1. The molecule has 13 nitrogen and oxygen atoms in total. The second-order valence-electron chi connectivity index (χ2n) is 13.4. The Morgan fingerprint density at radius 1 is 0.944 bits per heavy atom. The molecule has 2 aliphatic heterocycles. The number of fused-ring (bicyclic) bond motifs is 1. The van der Waals surface area contributed by atoms with Gasteiger partial charge >= 0.3 is 0 Å². The number of halogens is 2. The van der Waals surface area contributed by atoms with E-state index in [2.05, 4.69) is 20.3 Å². The molecule has 0 atom stereocenters. The maximum Gasteiger partial charge on any atom is 0.270 e. The minimum atomic E-state index is -0.497. The first-order valence-corrected chi connectivity index (χ1v) is 17.8. The molecule has 15 heteroatoms. The van der Waals surface area contributed by atoms with Gasteiger partial charge in [0.15, 0.2) is 17.4 Å². The first kappa shape index (κ1) is 34.7. The number of methoxy groups -OCH3 is 1. The molecule has 0 unspecified atom stereocenters. The molecule has 1 saturated heterocycles. The first-order valence-electron chi connectivity index (χ1n) is 17.8. The summed E-state index contributed by atoms with van der Waals surface area (Å²) in [6.45, 7) is 4.76. The maximum absolute atomic E-state index is 16.8. The van der Waals surface area contributed by atoms with Crippen molar-refractivity contribution in [1.82, 2.24) is 44.5 Å². The number of rotatable bonds is 9. The molecule has 8 rings (SSSR count). The highest BCUT2D eigenvalue weighted by Crippen LogP contribution is 2.38. The molecule has 0 radical (unpaired) electrons. The second-order valence-corrected chi connectivity index (χ2v) is 13.4. The fourth-order valence-corrected chi connectivity index (χ4v) is 7.30. The zero-order valence-corrected chi connectivity index (χ0v) is 29.9. The Kier molecular flexibility index (Phi) is 9.36. The Morgan fingerprint density at radius 3 is 2.52 bits per heavy atom. The minimum absolute atomic E-state index is 0.0562. The van der Waals surface area contributed by atoms with Crippen molar-refractivity contribution in [3.05, 3.63) is 108 Å². The van der Waals surface area contributed by atoms with Gasteiger partial charge in [-0.05, 0) is 48.7 Å². The van der Waals surface area contributed by atoms with Crippen LogP contribution in [0.15, 0.2) is 79.4 Å².